The minimum atomic E-state index is -0.199. The lowest BCUT2D eigenvalue weighted by Crippen LogP contribution is -2.31. The van der Waals surface area contributed by atoms with Gasteiger partial charge < -0.3 is 15.0 Å². The molecular weight excluding hydrogens is 290 g/mol. The highest BCUT2D eigenvalue weighted by Gasteiger charge is 2.11. The molecule has 0 aliphatic carbocycles. The van der Waals surface area contributed by atoms with E-state index in [2.05, 4.69) is 10.3 Å². The van der Waals surface area contributed by atoms with Crippen molar-refractivity contribution in [3.8, 4) is 11.5 Å². The van der Waals surface area contributed by atoms with Crippen molar-refractivity contribution in [1.82, 2.24) is 4.98 Å². The number of aromatic amines is 1. The molecule has 0 unspecified atom stereocenters. The first-order chi connectivity index (χ1) is 11.2. The Balaban J connectivity index is 1.65. The lowest BCUT2D eigenvalue weighted by atomic mass is 10.3. The second-order valence-corrected chi connectivity index (χ2v) is 5.00. The average Bonchev–Trinajstić information content (AvgIpc) is 3.09. The molecule has 3 rings (SSSR count). The molecule has 1 heterocycles. The molecule has 0 aliphatic rings. The van der Waals surface area contributed by atoms with E-state index in [4.69, 9.17) is 4.74 Å². The monoisotopic (exact) mass is 307 g/mol. The summed E-state index contributed by atoms with van der Waals surface area (Å²) in [5, 5.41) is 2.84. The average molecular weight is 307 g/mol. The maximum Gasteiger partial charge on any atom is 0.326 e. The zero-order valence-corrected chi connectivity index (χ0v) is 12.7. The van der Waals surface area contributed by atoms with Crippen molar-refractivity contribution in [3.05, 3.63) is 73.1 Å². The van der Waals surface area contributed by atoms with Crippen molar-refractivity contribution in [2.45, 2.75) is 0 Å². The van der Waals surface area contributed by atoms with Crippen molar-refractivity contribution in [2.75, 3.05) is 17.3 Å². The second kappa shape index (κ2) is 6.70. The number of rotatable bonds is 4. The number of ether oxygens (including phenoxy) is 1. The van der Waals surface area contributed by atoms with Gasteiger partial charge in [-0.25, -0.2) is 4.79 Å². The number of hydrogen-bond donors (Lipinski definition) is 2. The fraction of sp³-hybridized carbons (Fsp3) is 0.0556. The quantitative estimate of drug-likeness (QED) is 0.747. The smallest absolute Gasteiger partial charge is 0.326 e. The van der Waals surface area contributed by atoms with Crippen LogP contribution in [0.1, 0.15) is 0 Å². The third kappa shape index (κ3) is 3.71. The third-order valence-corrected chi connectivity index (χ3v) is 3.36. The number of H-pyrrole nitrogens is 1. The maximum absolute atomic E-state index is 12.2. The van der Waals surface area contributed by atoms with Gasteiger partial charge in [0, 0.05) is 30.8 Å². The molecule has 0 bridgehead atoms. The summed E-state index contributed by atoms with van der Waals surface area (Å²) in [4.78, 5) is 16.7. The number of carbonyl (C=O) groups excluding carboxylic acids is 1. The molecule has 116 valence electrons. The van der Waals surface area contributed by atoms with Crippen LogP contribution in [0.25, 0.3) is 0 Å². The van der Waals surface area contributed by atoms with E-state index in [1.807, 2.05) is 60.7 Å². The third-order valence-electron chi connectivity index (χ3n) is 3.36. The highest BCUT2D eigenvalue weighted by Crippen LogP contribution is 2.24. The van der Waals surface area contributed by atoms with Crippen LogP contribution in [0, 0.1) is 0 Å². The molecule has 1 aromatic heterocycles. The molecule has 0 saturated heterocycles. The first kappa shape index (κ1) is 14.7. The lowest BCUT2D eigenvalue weighted by molar-refractivity contribution is 0.258. The topological polar surface area (TPSA) is 57.4 Å². The van der Waals surface area contributed by atoms with Crippen LogP contribution in [-0.2, 0) is 0 Å². The van der Waals surface area contributed by atoms with Gasteiger partial charge in [0.1, 0.15) is 11.5 Å². The van der Waals surface area contributed by atoms with Crippen LogP contribution in [0.4, 0.5) is 16.2 Å². The molecule has 0 saturated carbocycles. The van der Waals surface area contributed by atoms with Gasteiger partial charge in [0.25, 0.3) is 0 Å². The Morgan fingerprint density at radius 1 is 1.00 bits per heavy atom. The molecule has 2 N–H and O–H groups in total. The molecule has 2 aromatic carbocycles. The van der Waals surface area contributed by atoms with Gasteiger partial charge in [0.2, 0.25) is 0 Å². The van der Waals surface area contributed by atoms with Gasteiger partial charge in [0.05, 0.1) is 0 Å². The number of hydrogen-bond acceptors (Lipinski definition) is 2. The molecule has 3 aromatic rings. The van der Waals surface area contributed by atoms with Crippen LogP contribution in [0.2, 0.25) is 0 Å². The molecule has 0 aliphatic heterocycles. The highest BCUT2D eigenvalue weighted by molar-refractivity contribution is 6.01. The number of nitrogens with zero attached hydrogens (tertiary/aromatic N) is 1. The summed E-state index contributed by atoms with van der Waals surface area (Å²) >= 11 is 0. The zero-order valence-electron chi connectivity index (χ0n) is 12.7. The van der Waals surface area contributed by atoms with Gasteiger partial charge in [-0.05, 0) is 42.5 Å². The molecule has 0 fully saturated rings. The van der Waals surface area contributed by atoms with Crippen molar-refractivity contribution in [2.24, 2.45) is 0 Å². The Labute approximate surface area is 134 Å². The molecule has 2 amide bonds. The predicted molar refractivity (Wildman–Crippen MR) is 91.2 cm³/mol. The van der Waals surface area contributed by atoms with Crippen LogP contribution < -0.4 is 15.0 Å². The summed E-state index contributed by atoms with van der Waals surface area (Å²) in [6.07, 6.45) is 3.57. The second-order valence-electron chi connectivity index (χ2n) is 5.00. The minimum Gasteiger partial charge on any atom is -0.456 e. The van der Waals surface area contributed by atoms with Crippen LogP contribution in [0.5, 0.6) is 11.5 Å². The van der Waals surface area contributed by atoms with Crippen molar-refractivity contribution < 1.29 is 9.53 Å². The summed E-state index contributed by atoms with van der Waals surface area (Å²) in [6, 6.07) is 18.3. The Morgan fingerprint density at radius 2 is 1.74 bits per heavy atom. The van der Waals surface area contributed by atoms with Crippen molar-refractivity contribution >= 4 is 17.4 Å². The van der Waals surface area contributed by atoms with Gasteiger partial charge >= 0.3 is 6.03 Å². The number of benzene rings is 2. The predicted octanol–water partition coefficient (Wildman–Crippen LogP) is 4.48. The number of anilines is 2. The normalized spacial score (nSPS) is 10.1. The van der Waals surface area contributed by atoms with E-state index in [0.717, 1.165) is 17.1 Å². The van der Waals surface area contributed by atoms with Gasteiger partial charge in [-0.2, -0.15) is 0 Å². The Bertz CT molecular complexity index is 753. The van der Waals surface area contributed by atoms with E-state index in [-0.39, 0.29) is 6.03 Å². The number of urea groups is 1. The lowest BCUT2D eigenvalue weighted by Gasteiger charge is -2.18. The largest absolute Gasteiger partial charge is 0.456 e. The summed E-state index contributed by atoms with van der Waals surface area (Å²) < 4.78 is 5.66. The first-order valence-corrected chi connectivity index (χ1v) is 7.23. The zero-order chi connectivity index (χ0) is 16.1. The Morgan fingerprint density at radius 3 is 2.39 bits per heavy atom. The summed E-state index contributed by atoms with van der Waals surface area (Å²) in [5.41, 5.74) is 1.54. The number of amides is 2. The molecular formula is C18H17N3O2. The van der Waals surface area contributed by atoms with Gasteiger partial charge in [-0.15, -0.1) is 0 Å². The van der Waals surface area contributed by atoms with E-state index in [0.29, 0.717) is 5.75 Å². The molecule has 0 spiro atoms. The van der Waals surface area contributed by atoms with Crippen LogP contribution in [0.3, 0.4) is 0 Å². The molecule has 0 radical (unpaired) electrons. The first-order valence-electron chi connectivity index (χ1n) is 7.23. The van der Waals surface area contributed by atoms with Gasteiger partial charge in [-0.1, -0.05) is 18.2 Å². The number of aromatic nitrogens is 1. The SMILES string of the molecule is CN(C(=O)Nc1ccccc1)c1ccc(Oc2cc[nH]c2)cc1. The Kier molecular flexibility index (Phi) is 4.29. The van der Waals surface area contributed by atoms with E-state index < -0.39 is 0 Å². The summed E-state index contributed by atoms with van der Waals surface area (Å²) in [6.45, 7) is 0. The van der Waals surface area contributed by atoms with Crippen molar-refractivity contribution in [3.63, 3.8) is 0 Å². The number of carbonyl (C=O) groups is 1. The summed E-state index contributed by atoms with van der Waals surface area (Å²) in [7, 11) is 1.72. The highest BCUT2D eigenvalue weighted by atomic mass is 16.5. The van der Waals surface area contributed by atoms with E-state index in [1.165, 1.54) is 0 Å². The number of para-hydroxylation sites is 1. The van der Waals surface area contributed by atoms with Crippen LogP contribution >= 0.6 is 0 Å². The Hall–Kier alpha value is -3.21. The molecule has 5 heteroatoms. The minimum absolute atomic E-state index is 0.199. The van der Waals surface area contributed by atoms with E-state index in [1.54, 1.807) is 24.3 Å². The van der Waals surface area contributed by atoms with Gasteiger partial charge in [0.15, 0.2) is 0 Å². The van der Waals surface area contributed by atoms with Crippen molar-refractivity contribution in [1.29, 1.82) is 0 Å². The molecule has 23 heavy (non-hydrogen) atoms. The fourth-order valence-electron chi connectivity index (χ4n) is 2.09. The standard InChI is InChI=1S/C18H17N3O2/c1-21(18(22)20-14-5-3-2-4-6-14)15-7-9-16(10-8-15)23-17-11-12-19-13-17/h2-13,19H,1H3,(H,20,22). The fourth-order valence-corrected chi connectivity index (χ4v) is 2.09. The molecule has 0 atom stereocenters. The van der Waals surface area contributed by atoms with E-state index in [9.17, 15) is 4.79 Å². The maximum atomic E-state index is 12.2. The van der Waals surface area contributed by atoms with Gasteiger partial charge in [-0.3, -0.25) is 4.90 Å². The van der Waals surface area contributed by atoms with E-state index >= 15 is 0 Å². The van der Waals surface area contributed by atoms with Crippen LogP contribution in [0.15, 0.2) is 73.1 Å². The molecule has 5 nitrogen and oxygen atoms in total. The van der Waals surface area contributed by atoms with Crippen LogP contribution in [-0.4, -0.2) is 18.1 Å². The number of nitrogens with one attached hydrogen (secondary N) is 2. The summed E-state index contributed by atoms with van der Waals surface area (Å²) in [5.74, 6) is 1.46.